The second-order valence-corrected chi connectivity index (χ2v) is 5.35. The van der Waals surface area contributed by atoms with E-state index in [9.17, 15) is 14.9 Å². The number of carbonyl (C=O) groups is 2. The van der Waals surface area contributed by atoms with Gasteiger partial charge in [-0.3, -0.25) is 4.79 Å². The van der Waals surface area contributed by atoms with Gasteiger partial charge < -0.3 is 20.5 Å². The number of ether oxygens (including phenoxy) is 2. The summed E-state index contributed by atoms with van der Waals surface area (Å²) in [5.41, 5.74) is 5.03. The molecule has 1 unspecified atom stereocenters. The highest BCUT2D eigenvalue weighted by Gasteiger charge is 2.59. The van der Waals surface area contributed by atoms with Crippen LogP contribution >= 0.6 is 0 Å². The van der Waals surface area contributed by atoms with Gasteiger partial charge in [-0.05, 0) is 19.9 Å². The smallest absolute Gasteiger partial charge is 0.339 e. The minimum Gasteiger partial charge on any atom is -0.462 e. The highest BCUT2D eigenvalue weighted by molar-refractivity contribution is 6.17. The summed E-state index contributed by atoms with van der Waals surface area (Å²) < 4.78 is 10.5. The van der Waals surface area contributed by atoms with Gasteiger partial charge in [0.1, 0.15) is 23.0 Å². The van der Waals surface area contributed by atoms with Gasteiger partial charge >= 0.3 is 5.97 Å². The number of benzene rings is 1. The van der Waals surface area contributed by atoms with Crippen LogP contribution in [0.5, 0.6) is 0 Å². The SMILES string of the molecule is CCOC(=O)C1=C(C)OC(N)=C(C#N)C12C(=O)Nc1ccccc12. The number of hydrogen-bond donors (Lipinski definition) is 2. The summed E-state index contributed by atoms with van der Waals surface area (Å²) in [5, 5.41) is 12.3. The quantitative estimate of drug-likeness (QED) is 0.795. The Morgan fingerprint density at radius 3 is 2.83 bits per heavy atom. The Bertz CT molecular complexity index is 863. The van der Waals surface area contributed by atoms with E-state index in [-0.39, 0.29) is 29.4 Å². The first kappa shape index (κ1) is 15.6. The maximum atomic E-state index is 12.9. The molecular weight excluding hydrogens is 310 g/mol. The van der Waals surface area contributed by atoms with Gasteiger partial charge in [0, 0.05) is 11.3 Å². The molecule has 3 N–H and O–H groups in total. The average Bonchev–Trinajstić information content (AvgIpc) is 2.81. The summed E-state index contributed by atoms with van der Waals surface area (Å²) in [6.07, 6.45) is 0. The number of fused-ring (bicyclic) bond motifs is 2. The number of nitrogens with two attached hydrogens (primary N) is 1. The zero-order valence-electron chi connectivity index (χ0n) is 13.2. The number of carbonyl (C=O) groups excluding carboxylic acids is 2. The van der Waals surface area contributed by atoms with Crippen LogP contribution in [0, 0.1) is 11.3 Å². The van der Waals surface area contributed by atoms with Gasteiger partial charge in [-0.2, -0.15) is 5.26 Å². The summed E-state index contributed by atoms with van der Waals surface area (Å²) in [7, 11) is 0. The molecule has 2 heterocycles. The molecule has 0 radical (unpaired) electrons. The lowest BCUT2D eigenvalue weighted by Crippen LogP contribution is -2.45. The number of anilines is 1. The second-order valence-electron chi connectivity index (χ2n) is 5.35. The van der Waals surface area contributed by atoms with Crippen molar-refractivity contribution in [3.63, 3.8) is 0 Å². The first-order valence-corrected chi connectivity index (χ1v) is 7.36. The molecule has 0 aliphatic carbocycles. The summed E-state index contributed by atoms with van der Waals surface area (Å²) >= 11 is 0. The Balaban J connectivity index is 2.39. The van der Waals surface area contributed by atoms with Crippen molar-refractivity contribution in [2.75, 3.05) is 11.9 Å². The van der Waals surface area contributed by atoms with Crippen molar-refractivity contribution in [2.24, 2.45) is 5.73 Å². The molecular formula is C17H15N3O4. The molecule has 0 bridgehead atoms. The monoisotopic (exact) mass is 325 g/mol. The Kier molecular flexibility index (Phi) is 3.53. The first-order valence-electron chi connectivity index (χ1n) is 7.36. The molecule has 122 valence electrons. The minimum absolute atomic E-state index is 0.0300. The summed E-state index contributed by atoms with van der Waals surface area (Å²) in [6.45, 7) is 3.29. The number of para-hydroxylation sites is 1. The van der Waals surface area contributed by atoms with Gasteiger partial charge in [0.15, 0.2) is 5.41 Å². The van der Waals surface area contributed by atoms with E-state index < -0.39 is 17.3 Å². The molecule has 0 saturated heterocycles. The molecule has 1 amide bonds. The van der Waals surface area contributed by atoms with Crippen LogP contribution in [0.3, 0.4) is 0 Å². The van der Waals surface area contributed by atoms with Crippen LogP contribution in [-0.2, 0) is 24.5 Å². The molecule has 1 spiro atoms. The maximum absolute atomic E-state index is 12.9. The van der Waals surface area contributed by atoms with Gasteiger partial charge in [0.2, 0.25) is 11.8 Å². The van der Waals surface area contributed by atoms with E-state index in [1.807, 2.05) is 6.07 Å². The lowest BCUT2D eigenvalue weighted by Gasteiger charge is -2.33. The van der Waals surface area contributed by atoms with Crippen LogP contribution < -0.4 is 11.1 Å². The van der Waals surface area contributed by atoms with Gasteiger partial charge in [0.05, 0.1) is 6.61 Å². The fraction of sp³-hybridized carbons (Fsp3) is 0.235. The third kappa shape index (κ3) is 1.83. The molecule has 24 heavy (non-hydrogen) atoms. The Hall–Kier alpha value is -3.27. The van der Waals surface area contributed by atoms with Gasteiger partial charge in [-0.15, -0.1) is 0 Å². The van der Waals surface area contributed by atoms with E-state index in [4.69, 9.17) is 15.2 Å². The van der Waals surface area contributed by atoms with Gasteiger partial charge in [-0.25, -0.2) is 4.79 Å². The Labute approximate surface area is 138 Å². The maximum Gasteiger partial charge on any atom is 0.339 e. The van der Waals surface area contributed by atoms with E-state index in [0.29, 0.717) is 11.3 Å². The normalized spacial score (nSPS) is 22.0. The van der Waals surface area contributed by atoms with Crippen molar-refractivity contribution < 1.29 is 19.1 Å². The molecule has 7 nitrogen and oxygen atoms in total. The van der Waals surface area contributed by atoms with Crippen molar-refractivity contribution in [2.45, 2.75) is 19.3 Å². The minimum atomic E-state index is -1.66. The largest absolute Gasteiger partial charge is 0.462 e. The van der Waals surface area contributed by atoms with Gasteiger partial charge in [0.25, 0.3) is 0 Å². The lowest BCUT2D eigenvalue weighted by atomic mass is 9.68. The van der Waals surface area contributed by atoms with Crippen LogP contribution in [0.25, 0.3) is 0 Å². The number of nitrogens with one attached hydrogen (secondary N) is 1. The molecule has 2 aliphatic rings. The molecule has 1 aromatic rings. The van der Waals surface area contributed by atoms with E-state index in [1.165, 1.54) is 6.92 Å². The summed E-state index contributed by atoms with van der Waals surface area (Å²) in [5.74, 6) is -1.32. The topological polar surface area (TPSA) is 114 Å². The van der Waals surface area contributed by atoms with Gasteiger partial charge in [-0.1, -0.05) is 18.2 Å². The van der Waals surface area contributed by atoms with Crippen LogP contribution in [0.15, 0.2) is 47.1 Å². The third-order valence-electron chi connectivity index (χ3n) is 4.12. The summed E-state index contributed by atoms with van der Waals surface area (Å²) in [4.78, 5) is 25.5. The number of amides is 1. The fourth-order valence-electron chi connectivity index (χ4n) is 3.23. The number of allylic oxidation sites excluding steroid dienone is 1. The number of nitrogens with zero attached hydrogens (tertiary/aromatic N) is 1. The molecule has 0 aromatic heterocycles. The van der Waals surface area contributed by atoms with Crippen molar-refractivity contribution >= 4 is 17.6 Å². The van der Waals surface area contributed by atoms with Crippen LogP contribution in [0.2, 0.25) is 0 Å². The van der Waals surface area contributed by atoms with Crippen molar-refractivity contribution in [1.29, 1.82) is 5.26 Å². The molecule has 0 saturated carbocycles. The second kappa shape index (κ2) is 5.42. The molecule has 1 aromatic carbocycles. The molecule has 0 fully saturated rings. The van der Waals surface area contributed by atoms with E-state index >= 15 is 0 Å². The lowest BCUT2D eigenvalue weighted by molar-refractivity contribution is -0.140. The number of rotatable bonds is 2. The Morgan fingerprint density at radius 2 is 2.17 bits per heavy atom. The predicted octanol–water partition coefficient (Wildman–Crippen LogP) is 1.44. The van der Waals surface area contributed by atoms with Crippen LogP contribution in [0.4, 0.5) is 5.69 Å². The van der Waals surface area contributed by atoms with Crippen molar-refractivity contribution in [1.82, 2.24) is 0 Å². The summed E-state index contributed by atoms with van der Waals surface area (Å²) in [6, 6.07) is 8.77. The zero-order chi connectivity index (χ0) is 17.5. The molecule has 1 atom stereocenters. The number of nitriles is 1. The van der Waals surface area contributed by atoms with Crippen molar-refractivity contribution in [3.05, 3.63) is 52.6 Å². The number of hydrogen-bond acceptors (Lipinski definition) is 6. The Morgan fingerprint density at radius 1 is 1.46 bits per heavy atom. The zero-order valence-corrected chi connectivity index (χ0v) is 13.2. The van der Waals surface area contributed by atoms with E-state index in [0.717, 1.165) is 0 Å². The highest BCUT2D eigenvalue weighted by Crippen LogP contribution is 2.51. The fourth-order valence-corrected chi connectivity index (χ4v) is 3.23. The van der Waals surface area contributed by atoms with Crippen LogP contribution in [-0.4, -0.2) is 18.5 Å². The highest BCUT2D eigenvalue weighted by atomic mass is 16.5. The molecule has 3 rings (SSSR count). The molecule has 2 aliphatic heterocycles. The first-order chi connectivity index (χ1) is 11.5. The van der Waals surface area contributed by atoms with Crippen LogP contribution in [0.1, 0.15) is 19.4 Å². The number of esters is 1. The molecule has 7 heteroatoms. The van der Waals surface area contributed by atoms with Crippen molar-refractivity contribution in [3.8, 4) is 6.07 Å². The standard InChI is InChI=1S/C17H15N3O4/c1-3-23-15(21)13-9(2)24-14(19)11(8-18)17(13)10-6-4-5-7-12(10)20-16(17)22/h4-7H,3,19H2,1-2H3,(H,20,22). The average molecular weight is 325 g/mol. The predicted molar refractivity (Wildman–Crippen MR) is 84.0 cm³/mol. The van der Waals surface area contributed by atoms with E-state index in [1.54, 1.807) is 31.2 Å². The third-order valence-corrected chi connectivity index (χ3v) is 4.12. The van der Waals surface area contributed by atoms with E-state index in [2.05, 4.69) is 5.32 Å².